The predicted molar refractivity (Wildman–Crippen MR) is 151 cm³/mol. The van der Waals surface area contributed by atoms with Crippen LogP contribution in [-0.2, 0) is 20.0 Å². The summed E-state index contributed by atoms with van der Waals surface area (Å²) in [5, 5.41) is 7.78. The second kappa shape index (κ2) is 11.2. The molecule has 1 aliphatic heterocycles. The monoisotopic (exact) mass is 569 g/mol. The van der Waals surface area contributed by atoms with Gasteiger partial charge in [-0.05, 0) is 55.2 Å². The highest BCUT2D eigenvalue weighted by atomic mass is 35.5. The third kappa shape index (κ3) is 5.44. The van der Waals surface area contributed by atoms with Crippen molar-refractivity contribution in [2.45, 2.75) is 51.6 Å². The Labute approximate surface area is 238 Å². The molecule has 1 saturated heterocycles. The number of piperidine rings is 1. The van der Waals surface area contributed by atoms with E-state index in [0.717, 1.165) is 43.4 Å². The molecule has 1 aromatic heterocycles. The lowest BCUT2D eigenvalue weighted by Crippen LogP contribution is -2.55. The van der Waals surface area contributed by atoms with E-state index in [1.807, 2.05) is 37.3 Å². The van der Waals surface area contributed by atoms with Crippen LogP contribution >= 0.6 is 11.6 Å². The van der Waals surface area contributed by atoms with Crippen molar-refractivity contribution in [2.75, 3.05) is 25.0 Å². The van der Waals surface area contributed by atoms with Crippen LogP contribution < -0.4 is 10.2 Å². The lowest BCUT2D eigenvalue weighted by molar-refractivity contribution is 0.00849. The van der Waals surface area contributed by atoms with Crippen molar-refractivity contribution in [1.29, 1.82) is 0 Å². The lowest BCUT2D eigenvalue weighted by atomic mass is 9.60. The molecule has 7 nitrogen and oxygen atoms in total. The zero-order valence-corrected chi connectivity index (χ0v) is 23.8. The standard InChI is InChI=1S/C30H34ClF2N5O2/c1-4-24-25(31)27(37(3)35-24)28(39)34-21-16-30(17-21)10-12-38(13-11-30)29(40)20-14-22(32)26(23(33)15-20)36(2)18-19-8-6-5-7-9-19/h5-9,14-15,21H,4,10-13,16-18H2,1-3H3,(H,34,39). The molecule has 0 radical (unpaired) electrons. The summed E-state index contributed by atoms with van der Waals surface area (Å²) in [6, 6.07) is 11.7. The van der Waals surface area contributed by atoms with E-state index in [2.05, 4.69) is 10.4 Å². The Hall–Kier alpha value is -3.46. The highest BCUT2D eigenvalue weighted by Crippen LogP contribution is 2.49. The van der Waals surface area contributed by atoms with E-state index in [-0.39, 0.29) is 34.5 Å². The summed E-state index contributed by atoms with van der Waals surface area (Å²) >= 11 is 6.35. The van der Waals surface area contributed by atoms with Crippen molar-refractivity contribution in [2.24, 2.45) is 12.5 Å². The summed E-state index contributed by atoms with van der Waals surface area (Å²) in [4.78, 5) is 29.2. The van der Waals surface area contributed by atoms with E-state index in [0.29, 0.717) is 42.5 Å². The number of anilines is 1. The van der Waals surface area contributed by atoms with Crippen molar-refractivity contribution >= 4 is 29.1 Å². The number of amides is 2. The van der Waals surface area contributed by atoms with Crippen molar-refractivity contribution < 1.29 is 18.4 Å². The zero-order chi connectivity index (χ0) is 28.6. The van der Waals surface area contributed by atoms with Crippen LogP contribution in [0.5, 0.6) is 0 Å². The maximum atomic E-state index is 15.0. The molecule has 2 amide bonds. The topological polar surface area (TPSA) is 70.5 Å². The van der Waals surface area contributed by atoms with Gasteiger partial charge in [0.2, 0.25) is 0 Å². The van der Waals surface area contributed by atoms with Crippen LogP contribution in [0.1, 0.15) is 64.7 Å². The molecule has 3 aromatic rings. The molecule has 2 aromatic carbocycles. The van der Waals surface area contributed by atoms with Crippen LogP contribution in [-0.4, -0.2) is 52.7 Å². The Morgan fingerprint density at radius 2 is 1.75 bits per heavy atom. The average Bonchev–Trinajstić information content (AvgIpc) is 3.20. The van der Waals surface area contributed by atoms with Gasteiger partial charge in [-0.2, -0.15) is 5.10 Å². The molecule has 10 heteroatoms. The third-order valence-electron chi connectivity index (χ3n) is 8.32. The molecular formula is C30H34ClF2N5O2. The number of likely N-dealkylation sites (tertiary alicyclic amines) is 1. The van der Waals surface area contributed by atoms with Crippen molar-refractivity contribution in [3.05, 3.63) is 81.6 Å². The van der Waals surface area contributed by atoms with Gasteiger partial charge in [0, 0.05) is 45.3 Å². The first-order chi connectivity index (χ1) is 19.1. The molecule has 1 aliphatic carbocycles. The van der Waals surface area contributed by atoms with Crippen LogP contribution in [0.15, 0.2) is 42.5 Å². The zero-order valence-electron chi connectivity index (χ0n) is 23.0. The molecular weight excluding hydrogens is 536 g/mol. The molecule has 0 atom stereocenters. The highest BCUT2D eigenvalue weighted by molar-refractivity contribution is 6.34. The fraction of sp³-hybridized carbons (Fsp3) is 0.433. The van der Waals surface area contributed by atoms with E-state index < -0.39 is 11.6 Å². The molecule has 2 fully saturated rings. The summed E-state index contributed by atoms with van der Waals surface area (Å²) in [6.45, 7) is 3.29. The summed E-state index contributed by atoms with van der Waals surface area (Å²) in [5.41, 5.74) is 1.91. The SMILES string of the molecule is CCc1nn(C)c(C(=O)NC2CC3(CCN(C(=O)c4cc(F)c(N(C)Cc5ccccc5)c(F)c4)CC3)C2)c1Cl. The second-order valence-electron chi connectivity index (χ2n) is 11.1. The van der Waals surface area contributed by atoms with Gasteiger partial charge in [0.05, 0.1) is 10.7 Å². The normalized spacial score (nSPS) is 16.6. The minimum Gasteiger partial charge on any atom is -0.366 e. The summed E-state index contributed by atoms with van der Waals surface area (Å²) in [7, 11) is 3.34. The number of carbonyl (C=O) groups is 2. The van der Waals surface area contributed by atoms with Crippen molar-refractivity contribution in [1.82, 2.24) is 20.0 Å². The minimum atomic E-state index is -0.757. The van der Waals surface area contributed by atoms with Crippen LogP contribution in [0.3, 0.4) is 0 Å². The number of halogens is 3. The molecule has 1 N–H and O–H groups in total. The van der Waals surface area contributed by atoms with Crippen LogP contribution in [0.25, 0.3) is 0 Å². The van der Waals surface area contributed by atoms with Gasteiger partial charge in [-0.25, -0.2) is 8.78 Å². The first-order valence-corrected chi connectivity index (χ1v) is 14.0. The van der Waals surface area contributed by atoms with E-state index in [9.17, 15) is 9.59 Å². The number of nitrogens with one attached hydrogen (secondary N) is 1. The molecule has 212 valence electrons. The Balaban J connectivity index is 1.16. The van der Waals surface area contributed by atoms with Crippen LogP contribution in [0.4, 0.5) is 14.5 Å². The van der Waals surface area contributed by atoms with Gasteiger partial charge in [0.25, 0.3) is 11.8 Å². The molecule has 1 saturated carbocycles. The Morgan fingerprint density at radius 1 is 1.12 bits per heavy atom. The number of rotatable bonds is 7. The van der Waals surface area contributed by atoms with Gasteiger partial charge >= 0.3 is 0 Å². The highest BCUT2D eigenvalue weighted by Gasteiger charge is 2.47. The van der Waals surface area contributed by atoms with Crippen LogP contribution in [0.2, 0.25) is 5.02 Å². The van der Waals surface area contributed by atoms with E-state index in [4.69, 9.17) is 11.6 Å². The van der Waals surface area contributed by atoms with E-state index in [1.54, 1.807) is 19.0 Å². The Morgan fingerprint density at radius 3 is 2.33 bits per heavy atom. The molecule has 2 aliphatic rings. The van der Waals surface area contributed by atoms with Crippen molar-refractivity contribution in [3.8, 4) is 0 Å². The Kier molecular flexibility index (Phi) is 7.86. The van der Waals surface area contributed by atoms with Gasteiger partial charge in [0.1, 0.15) is 23.0 Å². The van der Waals surface area contributed by atoms with Gasteiger partial charge in [0.15, 0.2) is 0 Å². The minimum absolute atomic E-state index is 0.0149. The fourth-order valence-electron chi connectivity index (χ4n) is 6.13. The molecule has 1 spiro atoms. The van der Waals surface area contributed by atoms with E-state index >= 15 is 8.78 Å². The molecule has 0 unspecified atom stereocenters. The number of hydrogen-bond donors (Lipinski definition) is 1. The van der Waals surface area contributed by atoms with Gasteiger partial charge in [-0.3, -0.25) is 14.3 Å². The van der Waals surface area contributed by atoms with Gasteiger partial charge in [-0.15, -0.1) is 0 Å². The maximum absolute atomic E-state index is 15.0. The first-order valence-electron chi connectivity index (χ1n) is 13.7. The van der Waals surface area contributed by atoms with Gasteiger partial charge < -0.3 is 15.1 Å². The molecule has 40 heavy (non-hydrogen) atoms. The number of hydrogen-bond acceptors (Lipinski definition) is 4. The van der Waals surface area contributed by atoms with Crippen LogP contribution in [0, 0.1) is 17.0 Å². The summed E-state index contributed by atoms with van der Waals surface area (Å²) < 4.78 is 31.6. The number of carbonyl (C=O) groups excluding carboxylic acids is 2. The number of nitrogens with zero attached hydrogens (tertiary/aromatic N) is 4. The quantitative estimate of drug-likeness (QED) is 0.416. The van der Waals surface area contributed by atoms with E-state index in [1.165, 1.54) is 9.58 Å². The summed E-state index contributed by atoms with van der Waals surface area (Å²) in [5.74, 6) is -2.11. The largest absolute Gasteiger partial charge is 0.366 e. The number of aromatic nitrogens is 2. The third-order valence-corrected chi connectivity index (χ3v) is 8.72. The average molecular weight is 570 g/mol. The molecule has 2 heterocycles. The molecule has 0 bridgehead atoms. The number of aryl methyl sites for hydroxylation is 2. The van der Waals surface area contributed by atoms with Crippen molar-refractivity contribution in [3.63, 3.8) is 0 Å². The molecule has 5 rings (SSSR count). The lowest BCUT2D eigenvalue weighted by Gasteiger charge is -2.52. The fourth-order valence-corrected chi connectivity index (χ4v) is 6.51. The predicted octanol–water partition coefficient (Wildman–Crippen LogP) is 5.37. The Bertz CT molecular complexity index is 1390. The second-order valence-corrected chi connectivity index (χ2v) is 11.5. The summed E-state index contributed by atoms with van der Waals surface area (Å²) in [6.07, 6.45) is 3.85. The number of benzene rings is 2. The first kappa shape index (κ1) is 28.1. The maximum Gasteiger partial charge on any atom is 0.271 e. The van der Waals surface area contributed by atoms with Gasteiger partial charge in [-0.1, -0.05) is 48.9 Å². The smallest absolute Gasteiger partial charge is 0.271 e.